The third-order valence-corrected chi connectivity index (χ3v) is 9.15. The Morgan fingerprint density at radius 3 is 0.891 bits per heavy atom. The van der Waals surface area contributed by atoms with Gasteiger partial charge in [0.2, 0.25) is 0 Å². The molecule has 0 unspecified atom stereocenters. The van der Waals surface area contributed by atoms with E-state index in [4.69, 9.17) is 0 Å². The average Bonchev–Trinajstić information content (AvgIpc) is 3.63. The lowest BCUT2D eigenvalue weighted by Crippen LogP contribution is -1.95. The molecule has 0 aliphatic carbocycles. The van der Waals surface area contributed by atoms with Crippen molar-refractivity contribution in [1.29, 1.82) is 0 Å². The van der Waals surface area contributed by atoms with E-state index in [9.17, 15) is 10.2 Å². The zero-order chi connectivity index (χ0) is 30.8. The Balaban J connectivity index is 1.15. The van der Waals surface area contributed by atoms with Crippen molar-refractivity contribution in [3.8, 4) is 45.1 Å². The largest absolute Gasteiger partial charge is 0.507 e. The first kappa shape index (κ1) is 26.2. The van der Waals surface area contributed by atoms with Gasteiger partial charge in [-0.2, -0.15) is 0 Å². The Kier molecular flexibility index (Phi) is 5.77. The van der Waals surface area contributed by atoms with Crippen molar-refractivity contribution in [3.05, 3.63) is 158 Å². The normalized spacial score (nSPS) is 11.7. The van der Waals surface area contributed by atoms with E-state index in [1.54, 1.807) is 12.1 Å². The molecule has 218 valence electrons. The molecule has 0 spiro atoms. The molecule has 2 heterocycles. The summed E-state index contributed by atoms with van der Waals surface area (Å²) in [5.41, 5.74) is 9.44. The van der Waals surface area contributed by atoms with E-state index < -0.39 is 0 Å². The Labute approximate surface area is 265 Å². The monoisotopic (exact) mass is 592 g/mol. The highest BCUT2D eigenvalue weighted by molar-refractivity contribution is 6.10. The first-order valence-corrected chi connectivity index (χ1v) is 15.4. The summed E-state index contributed by atoms with van der Waals surface area (Å²) in [5.74, 6) is 0.229. The lowest BCUT2D eigenvalue weighted by atomic mass is 9.92. The number of nitrogens with zero attached hydrogens (tertiary/aromatic N) is 2. The van der Waals surface area contributed by atoms with Crippen molar-refractivity contribution in [2.45, 2.75) is 0 Å². The molecule has 9 rings (SSSR count). The summed E-state index contributed by atoms with van der Waals surface area (Å²) < 4.78 is 4.54. The van der Waals surface area contributed by atoms with Gasteiger partial charge in [-0.05, 0) is 71.8 Å². The molecule has 0 aliphatic heterocycles. The topological polar surface area (TPSA) is 50.3 Å². The summed E-state index contributed by atoms with van der Waals surface area (Å²) in [7, 11) is 0. The number of para-hydroxylation sites is 4. The van der Waals surface area contributed by atoms with E-state index in [1.165, 1.54) is 21.5 Å². The van der Waals surface area contributed by atoms with Crippen LogP contribution < -0.4 is 0 Å². The van der Waals surface area contributed by atoms with Crippen molar-refractivity contribution in [2.24, 2.45) is 0 Å². The van der Waals surface area contributed by atoms with Crippen molar-refractivity contribution in [3.63, 3.8) is 0 Å². The van der Waals surface area contributed by atoms with Crippen LogP contribution in [0.4, 0.5) is 0 Å². The van der Waals surface area contributed by atoms with Crippen LogP contribution in [0.3, 0.4) is 0 Å². The number of benzene rings is 7. The van der Waals surface area contributed by atoms with Crippen LogP contribution in [0.15, 0.2) is 158 Å². The van der Waals surface area contributed by atoms with Crippen LogP contribution in [-0.2, 0) is 0 Å². The quantitative estimate of drug-likeness (QED) is 0.200. The molecule has 46 heavy (non-hydrogen) atoms. The number of rotatable bonds is 4. The Morgan fingerprint density at radius 2 is 0.587 bits per heavy atom. The summed E-state index contributed by atoms with van der Waals surface area (Å²) in [4.78, 5) is 0. The molecule has 0 aliphatic rings. The highest BCUT2D eigenvalue weighted by Crippen LogP contribution is 2.45. The second kappa shape index (κ2) is 10.1. The summed E-state index contributed by atoms with van der Waals surface area (Å²) >= 11 is 0. The Morgan fingerprint density at radius 1 is 0.304 bits per heavy atom. The SMILES string of the molecule is Oc1ccc(O)c(-c2ccc(-n3c4ccccc4c4ccccc43)cc2)c1-c1ccc(-n2c3ccccc3c3ccccc32)cc1. The van der Waals surface area contributed by atoms with Gasteiger partial charge in [0.15, 0.2) is 0 Å². The summed E-state index contributed by atoms with van der Waals surface area (Å²) in [6.07, 6.45) is 0. The van der Waals surface area contributed by atoms with Crippen LogP contribution in [0.5, 0.6) is 11.5 Å². The molecular formula is C42H28N2O2. The smallest absolute Gasteiger partial charge is 0.124 e. The van der Waals surface area contributed by atoms with Gasteiger partial charge in [-0.15, -0.1) is 0 Å². The van der Waals surface area contributed by atoms with Gasteiger partial charge in [0.25, 0.3) is 0 Å². The van der Waals surface area contributed by atoms with Crippen LogP contribution in [0, 0.1) is 0 Å². The zero-order valence-corrected chi connectivity index (χ0v) is 24.8. The molecule has 0 saturated heterocycles. The van der Waals surface area contributed by atoms with E-state index in [0.29, 0.717) is 11.1 Å². The standard InChI is InChI=1S/C42H28N2O2/c45-39-25-26-40(46)42(28-19-23-30(24-20-28)44-37-15-7-3-11-33(37)34-12-4-8-16-38(34)44)41(39)27-17-21-29(22-18-27)43-35-13-5-1-9-31(35)32-10-2-6-14-36(32)43/h1-26,45-46H. The number of hydrogen-bond acceptors (Lipinski definition) is 2. The van der Waals surface area contributed by atoms with Crippen LogP contribution >= 0.6 is 0 Å². The number of fused-ring (bicyclic) bond motifs is 6. The molecule has 4 heteroatoms. The van der Waals surface area contributed by atoms with E-state index in [2.05, 4.69) is 130 Å². The summed E-state index contributed by atoms with van der Waals surface area (Å²) in [5, 5.41) is 27.2. The predicted molar refractivity (Wildman–Crippen MR) is 189 cm³/mol. The highest BCUT2D eigenvalue weighted by Gasteiger charge is 2.19. The molecule has 0 saturated carbocycles. The second-order valence-electron chi connectivity index (χ2n) is 11.7. The van der Waals surface area contributed by atoms with Gasteiger partial charge < -0.3 is 19.3 Å². The maximum Gasteiger partial charge on any atom is 0.124 e. The lowest BCUT2D eigenvalue weighted by molar-refractivity contribution is 0.463. The maximum absolute atomic E-state index is 11.2. The third-order valence-electron chi connectivity index (χ3n) is 9.15. The van der Waals surface area contributed by atoms with Crippen molar-refractivity contribution in [2.75, 3.05) is 0 Å². The van der Waals surface area contributed by atoms with Gasteiger partial charge in [-0.1, -0.05) is 97.1 Å². The first-order valence-electron chi connectivity index (χ1n) is 15.4. The molecule has 0 radical (unpaired) electrons. The first-order chi connectivity index (χ1) is 22.7. The molecular weight excluding hydrogens is 564 g/mol. The molecule has 7 aromatic carbocycles. The molecule has 0 atom stereocenters. The van der Waals surface area contributed by atoms with E-state index in [0.717, 1.165) is 44.6 Å². The van der Waals surface area contributed by atoms with Crippen LogP contribution in [0.2, 0.25) is 0 Å². The lowest BCUT2D eigenvalue weighted by Gasteiger charge is -2.16. The summed E-state index contributed by atoms with van der Waals surface area (Å²) in [6, 6.07) is 53.3. The van der Waals surface area contributed by atoms with Gasteiger partial charge in [0.05, 0.1) is 22.1 Å². The van der Waals surface area contributed by atoms with Crippen LogP contribution in [0.25, 0.3) is 77.2 Å². The third kappa shape index (κ3) is 3.87. The summed E-state index contributed by atoms with van der Waals surface area (Å²) in [6.45, 7) is 0. The van der Waals surface area contributed by atoms with E-state index >= 15 is 0 Å². The van der Waals surface area contributed by atoms with Gasteiger partial charge in [0.1, 0.15) is 11.5 Å². The van der Waals surface area contributed by atoms with E-state index in [1.807, 2.05) is 24.3 Å². The van der Waals surface area contributed by atoms with Gasteiger partial charge in [-0.3, -0.25) is 0 Å². The Hall–Kier alpha value is -6.26. The number of hydrogen-bond donors (Lipinski definition) is 2. The van der Waals surface area contributed by atoms with Crippen LogP contribution in [-0.4, -0.2) is 19.3 Å². The minimum Gasteiger partial charge on any atom is -0.507 e. The molecule has 0 amide bonds. The number of aromatic nitrogens is 2. The van der Waals surface area contributed by atoms with Crippen molar-refractivity contribution in [1.82, 2.24) is 9.13 Å². The number of phenols is 2. The molecule has 4 nitrogen and oxygen atoms in total. The fraction of sp³-hybridized carbons (Fsp3) is 0. The number of phenolic OH excluding ortho intramolecular Hbond substituents is 2. The molecule has 9 aromatic rings. The zero-order valence-electron chi connectivity index (χ0n) is 24.8. The number of aromatic hydroxyl groups is 2. The van der Waals surface area contributed by atoms with Gasteiger partial charge in [0, 0.05) is 44.0 Å². The van der Waals surface area contributed by atoms with Gasteiger partial charge in [-0.25, -0.2) is 0 Å². The minimum absolute atomic E-state index is 0.115. The maximum atomic E-state index is 11.2. The Bertz CT molecular complexity index is 2300. The fourth-order valence-corrected chi connectivity index (χ4v) is 7.12. The fourth-order valence-electron chi connectivity index (χ4n) is 7.12. The molecule has 0 fully saturated rings. The minimum atomic E-state index is 0.115. The van der Waals surface area contributed by atoms with Crippen molar-refractivity contribution < 1.29 is 10.2 Å². The second-order valence-corrected chi connectivity index (χ2v) is 11.7. The molecule has 2 N–H and O–H groups in total. The van der Waals surface area contributed by atoms with E-state index in [-0.39, 0.29) is 11.5 Å². The van der Waals surface area contributed by atoms with Crippen LogP contribution in [0.1, 0.15) is 0 Å². The average molecular weight is 593 g/mol. The highest BCUT2D eigenvalue weighted by atomic mass is 16.3. The van der Waals surface area contributed by atoms with Crippen molar-refractivity contribution >= 4 is 43.6 Å². The predicted octanol–water partition coefficient (Wildman–Crippen LogP) is 10.6. The molecule has 0 bridgehead atoms. The van der Waals surface area contributed by atoms with Gasteiger partial charge >= 0.3 is 0 Å². The molecule has 2 aromatic heterocycles.